The molecule has 0 bridgehead atoms. The van der Waals surface area contributed by atoms with E-state index in [2.05, 4.69) is 59.1 Å². The minimum absolute atomic E-state index is 0.674. The van der Waals surface area contributed by atoms with E-state index in [1.807, 2.05) is 0 Å². The fourth-order valence-corrected chi connectivity index (χ4v) is 3.68. The van der Waals surface area contributed by atoms with Gasteiger partial charge in [-0.3, -0.25) is 0 Å². The molecule has 1 aromatic rings. The lowest BCUT2D eigenvalue weighted by atomic mass is 9.87. The number of rotatable bonds is 6. The highest BCUT2D eigenvalue weighted by Crippen LogP contribution is 2.27. The Morgan fingerprint density at radius 3 is 2.35 bits per heavy atom. The molecule has 20 heavy (non-hydrogen) atoms. The molecular formula is C18H28IN. The van der Waals surface area contributed by atoms with Crippen molar-refractivity contribution in [2.24, 2.45) is 5.92 Å². The molecule has 0 spiro atoms. The molecule has 0 amide bonds. The van der Waals surface area contributed by atoms with E-state index >= 15 is 0 Å². The van der Waals surface area contributed by atoms with Gasteiger partial charge in [0.2, 0.25) is 0 Å². The Kier molecular flexibility index (Phi) is 7.36. The number of halogens is 1. The second-order valence-electron chi connectivity index (χ2n) is 6.14. The molecular weight excluding hydrogens is 357 g/mol. The van der Waals surface area contributed by atoms with Crippen molar-refractivity contribution in [2.75, 3.05) is 6.54 Å². The number of benzene rings is 1. The van der Waals surface area contributed by atoms with Crippen LogP contribution in [0.2, 0.25) is 0 Å². The molecule has 0 radical (unpaired) electrons. The van der Waals surface area contributed by atoms with Gasteiger partial charge in [-0.2, -0.15) is 0 Å². The fraction of sp³-hybridized carbons (Fsp3) is 0.667. The van der Waals surface area contributed by atoms with Gasteiger partial charge in [-0.15, -0.1) is 0 Å². The summed E-state index contributed by atoms with van der Waals surface area (Å²) in [6.45, 7) is 3.42. The lowest BCUT2D eigenvalue weighted by molar-refractivity contribution is 0.317. The van der Waals surface area contributed by atoms with Crippen LogP contribution in [0.25, 0.3) is 0 Å². The smallest absolute Gasteiger partial charge is 0.0136 e. The van der Waals surface area contributed by atoms with Gasteiger partial charge in [0.25, 0.3) is 0 Å². The van der Waals surface area contributed by atoms with Crippen LogP contribution in [-0.2, 0) is 6.42 Å². The maximum atomic E-state index is 3.83. The summed E-state index contributed by atoms with van der Waals surface area (Å²) in [5, 5.41) is 3.83. The van der Waals surface area contributed by atoms with Crippen molar-refractivity contribution in [3.05, 3.63) is 33.4 Å². The lowest BCUT2D eigenvalue weighted by Crippen LogP contribution is -2.38. The molecule has 1 atom stereocenters. The second-order valence-corrected chi connectivity index (χ2v) is 7.39. The third kappa shape index (κ3) is 5.36. The molecule has 1 unspecified atom stereocenters. The van der Waals surface area contributed by atoms with Crippen molar-refractivity contribution in [3.63, 3.8) is 0 Å². The van der Waals surface area contributed by atoms with E-state index in [0.717, 1.165) is 12.5 Å². The van der Waals surface area contributed by atoms with Gasteiger partial charge < -0.3 is 5.32 Å². The highest BCUT2D eigenvalue weighted by Gasteiger charge is 2.22. The predicted molar refractivity (Wildman–Crippen MR) is 96.1 cm³/mol. The highest BCUT2D eigenvalue weighted by atomic mass is 127. The monoisotopic (exact) mass is 385 g/mol. The number of hydrogen-bond donors (Lipinski definition) is 1. The SMILES string of the molecule is CCCNC(Cc1ccc(I)cc1)C1CCCCCC1. The minimum atomic E-state index is 0.674. The summed E-state index contributed by atoms with van der Waals surface area (Å²) < 4.78 is 1.33. The van der Waals surface area contributed by atoms with Gasteiger partial charge in [-0.05, 0) is 78.4 Å². The molecule has 1 saturated carbocycles. The Labute approximate surface area is 138 Å². The minimum Gasteiger partial charge on any atom is -0.313 e. The summed E-state index contributed by atoms with van der Waals surface area (Å²) in [5.41, 5.74) is 1.49. The third-order valence-electron chi connectivity index (χ3n) is 4.49. The van der Waals surface area contributed by atoms with Crippen LogP contribution in [-0.4, -0.2) is 12.6 Å². The van der Waals surface area contributed by atoms with Gasteiger partial charge >= 0.3 is 0 Å². The molecule has 112 valence electrons. The van der Waals surface area contributed by atoms with Crippen LogP contribution in [0.4, 0.5) is 0 Å². The lowest BCUT2D eigenvalue weighted by Gasteiger charge is -2.27. The third-order valence-corrected chi connectivity index (χ3v) is 5.21. The average molecular weight is 385 g/mol. The first kappa shape index (κ1) is 16.3. The van der Waals surface area contributed by atoms with Gasteiger partial charge in [0.1, 0.15) is 0 Å². The first-order valence-electron chi connectivity index (χ1n) is 8.27. The van der Waals surface area contributed by atoms with E-state index in [9.17, 15) is 0 Å². The van der Waals surface area contributed by atoms with Crippen LogP contribution in [0, 0.1) is 9.49 Å². The summed E-state index contributed by atoms with van der Waals surface area (Å²) >= 11 is 2.39. The van der Waals surface area contributed by atoms with Crippen LogP contribution in [0.15, 0.2) is 24.3 Å². The topological polar surface area (TPSA) is 12.0 Å². The summed E-state index contributed by atoms with van der Waals surface area (Å²) in [6, 6.07) is 9.76. The van der Waals surface area contributed by atoms with Gasteiger partial charge in [0.15, 0.2) is 0 Å². The van der Waals surface area contributed by atoms with Crippen molar-refractivity contribution >= 4 is 22.6 Å². The maximum Gasteiger partial charge on any atom is 0.0136 e. The maximum absolute atomic E-state index is 3.83. The van der Waals surface area contributed by atoms with E-state index in [0.29, 0.717) is 6.04 Å². The Bertz CT molecular complexity index is 366. The quantitative estimate of drug-likeness (QED) is 0.526. The molecule has 1 aromatic carbocycles. The number of nitrogens with one attached hydrogen (secondary N) is 1. The molecule has 0 saturated heterocycles. The molecule has 1 nitrogen and oxygen atoms in total. The van der Waals surface area contributed by atoms with Crippen LogP contribution in [0.5, 0.6) is 0 Å². The molecule has 2 heteroatoms. The zero-order valence-corrected chi connectivity index (χ0v) is 14.9. The highest BCUT2D eigenvalue weighted by molar-refractivity contribution is 14.1. The van der Waals surface area contributed by atoms with Gasteiger partial charge in [-0.1, -0.05) is 44.7 Å². The molecule has 1 aliphatic carbocycles. The summed E-state index contributed by atoms with van der Waals surface area (Å²) in [5.74, 6) is 0.878. The van der Waals surface area contributed by atoms with Crippen LogP contribution in [0.1, 0.15) is 57.4 Å². The fourth-order valence-electron chi connectivity index (χ4n) is 3.32. The van der Waals surface area contributed by atoms with E-state index in [1.165, 1.54) is 60.5 Å². The summed E-state index contributed by atoms with van der Waals surface area (Å²) in [7, 11) is 0. The molecule has 0 heterocycles. The Morgan fingerprint density at radius 1 is 1.10 bits per heavy atom. The van der Waals surface area contributed by atoms with Gasteiger partial charge in [0.05, 0.1) is 0 Å². The normalized spacial score (nSPS) is 18.7. The molecule has 0 aromatic heterocycles. The Balaban J connectivity index is 1.99. The largest absolute Gasteiger partial charge is 0.313 e. The standard InChI is InChI=1S/C18H28IN/c1-2-13-20-18(16-7-5-3-4-6-8-16)14-15-9-11-17(19)12-10-15/h9-12,16,18,20H,2-8,13-14H2,1H3. The van der Waals surface area contributed by atoms with E-state index in [-0.39, 0.29) is 0 Å². The molecule has 2 rings (SSSR count). The zero-order chi connectivity index (χ0) is 14.2. The summed E-state index contributed by atoms with van der Waals surface area (Å²) in [4.78, 5) is 0. The van der Waals surface area contributed by atoms with Crippen molar-refractivity contribution < 1.29 is 0 Å². The van der Waals surface area contributed by atoms with E-state index in [1.54, 1.807) is 0 Å². The molecule has 1 N–H and O–H groups in total. The van der Waals surface area contributed by atoms with Crippen molar-refractivity contribution in [1.29, 1.82) is 0 Å². The van der Waals surface area contributed by atoms with Crippen molar-refractivity contribution in [1.82, 2.24) is 5.32 Å². The first-order chi connectivity index (χ1) is 9.79. The Hall–Kier alpha value is -0.0900. The first-order valence-corrected chi connectivity index (χ1v) is 9.35. The Morgan fingerprint density at radius 2 is 1.75 bits per heavy atom. The van der Waals surface area contributed by atoms with Crippen molar-refractivity contribution in [3.8, 4) is 0 Å². The summed E-state index contributed by atoms with van der Waals surface area (Å²) in [6.07, 6.45) is 11.0. The van der Waals surface area contributed by atoms with Crippen molar-refractivity contribution in [2.45, 2.75) is 64.3 Å². The predicted octanol–water partition coefficient (Wildman–Crippen LogP) is 5.17. The van der Waals surface area contributed by atoms with E-state index in [4.69, 9.17) is 0 Å². The van der Waals surface area contributed by atoms with E-state index < -0.39 is 0 Å². The molecule has 1 aliphatic rings. The number of hydrogen-bond acceptors (Lipinski definition) is 1. The van der Waals surface area contributed by atoms with Crippen LogP contribution < -0.4 is 5.32 Å². The second kappa shape index (κ2) is 9.04. The molecule has 1 fully saturated rings. The average Bonchev–Trinajstić information content (AvgIpc) is 2.74. The van der Waals surface area contributed by atoms with Gasteiger partial charge in [0, 0.05) is 9.61 Å². The molecule has 0 aliphatic heterocycles. The van der Waals surface area contributed by atoms with Crippen LogP contribution >= 0.6 is 22.6 Å². The zero-order valence-electron chi connectivity index (χ0n) is 12.7. The van der Waals surface area contributed by atoms with Gasteiger partial charge in [-0.25, -0.2) is 0 Å². The van der Waals surface area contributed by atoms with Crippen LogP contribution in [0.3, 0.4) is 0 Å².